The van der Waals surface area contributed by atoms with Crippen LogP contribution in [0.15, 0.2) is 181 Å². The lowest BCUT2D eigenvalue weighted by Gasteiger charge is -2.39. The summed E-state index contributed by atoms with van der Waals surface area (Å²) in [7, 11) is -4.04. The summed E-state index contributed by atoms with van der Waals surface area (Å²) in [5.74, 6) is 1.96. The maximum Gasteiger partial charge on any atom is 0.151 e. The van der Waals surface area contributed by atoms with Crippen LogP contribution in [0.4, 0.5) is 17.1 Å². The van der Waals surface area contributed by atoms with Crippen LogP contribution in [-0.2, 0) is 0 Å². The molecule has 3 aliphatic rings. The molecule has 0 spiro atoms. The molecular weight excluding hydrogens is 735 g/mol. The third-order valence-electron chi connectivity index (χ3n) is 11.1. The van der Waals surface area contributed by atoms with Crippen LogP contribution in [0.1, 0.15) is 0 Å². The first-order valence-corrected chi connectivity index (χ1v) is 26.5. The fraction of sp³-hybridized carbons (Fsp3) is 0.0870. The van der Waals surface area contributed by atoms with E-state index in [-0.39, 0.29) is 0 Å². The van der Waals surface area contributed by atoms with Crippen LogP contribution in [0.2, 0.25) is 26.2 Å². The Balaban J connectivity index is 1.15. The zero-order valence-electron chi connectivity index (χ0n) is 30.0. The van der Waals surface area contributed by atoms with Gasteiger partial charge in [0.1, 0.15) is 21.9 Å². The highest BCUT2D eigenvalue weighted by atomic mass is 32.2. The van der Waals surface area contributed by atoms with Crippen molar-refractivity contribution in [2.24, 2.45) is 0 Å². The highest BCUT2D eigenvalue weighted by Gasteiger charge is 2.40. The summed E-state index contributed by atoms with van der Waals surface area (Å²) in [6, 6.07) is 56.2. The quantitative estimate of drug-likeness (QED) is 0.165. The van der Waals surface area contributed by atoms with Gasteiger partial charge in [-0.05, 0) is 86.5 Å². The third kappa shape index (κ3) is 5.31. The monoisotopic (exact) mass is 771 g/mol. The van der Waals surface area contributed by atoms with Crippen molar-refractivity contribution in [3.8, 4) is 22.6 Å². The highest BCUT2D eigenvalue weighted by Crippen LogP contribution is 2.52. The molecule has 0 atom stereocenters. The van der Waals surface area contributed by atoms with Crippen LogP contribution in [0.3, 0.4) is 0 Å². The van der Waals surface area contributed by atoms with Gasteiger partial charge in [0, 0.05) is 35.1 Å². The fourth-order valence-electron chi connectivity index (χ4n) is 8.23. The summed E-state index contributed by atoms with van der Waals surface area (Å²) in [4.78, 5) is 10.5. The summed E-state index contributed by atoms with van der Waals surface area (Å²) in [6.07, 6.45) is 0. The Morgan fingerprint density at radius 3 is 1.79 bits per heavy atom. The predicted octanol–water partition coefficient (Wildman–Crippen LogP) is 11.7. The van der Waals surface area contributed by atoms with Crippen LogP contribution < -0.4 is 30.4 Å². The fourth-order valence-corrected chi connectivity index (χ4v) is 19.0. The predicted molar refractivity (Wildman–Crippen MR) is 232 cm³/mol. The molecule has 258 valence electrons. The summed E-state index contributed by atoms with van der Waals surface area (Å²) in [6.45, 7) is 9.91. The lowest BCUT2D eigenvalue weighted by atomic mass is 10.0. The van der Waals surface area contributed by atoms with Crippen LogP contribution in [0.25, 0.3) is 11.1 Å². The van der Waals surface area contributed by atoms with Gasteiger partial charge in [-0.2, -0.15) is 0 Å². The van der Waals surface area contributed by atoms with Crippen LogP contribution in [-0.4, -0.2) is 16.1 Å². The maximum atomic E-state index is 6.98. The van der Waals surface area contributed by atoms with Gasteiger partial charge in [-0.15, -0.1) is 0 Å². The molecule has 3 aliphatic heterocycles. The van der Waals surface area contributed by atoms with Crippen LogP contribution in [0, 0.1) is 0 Å². The Morgan fingerprint density at radius 1 is 0.434 bits per heavy atom. The molecule has 0 fully saturated rings. The second-order valence-corrected chi connectivity index (χ2v) is 26.8. The lowest BCUT2D eigenvalue weighted by Crippen LogP contribution is -2.56. The van der Waals surface area contributed by atoms with Crippen molar-refractivity contribution in [1.29, 1.82) is 0 Å². The summed E-state index contributed by atoms with van der Waals surface area (Å²) < 4.78 is 6.98. The number of benzene rings is 7. The van der Waals surface area contributed by atoms with E-state index >= 15 is 0 Å². The third-order valence-corrected chi connectivity index (χ3v) is 22.3. The van der Waals surface area contributed by atoms with E-state index in [2.05, 4.69) is 183 Å². The summed E-state index contributed by atoms with van der Waals surface area (Å²) >= 11 is 5.68. The summed E-state index contributed by atoms with van der Waals surface area (Å²) in [5, 5.41) is 5.68. The molecular formula is C46H37NOS3Si2. The van der Waals surface area contributed by atoms with Crippen LogP contribution in [0.5, 0.6) is 11.5 Å². The van der Waals surface area contributed by atoms with Crippen molar-refractivity contribution in [1.82, 2.24) is 0 Å². The average Bonchev–Trinajstić information content (AvgIpc) is 3.18. The number of rotatable bonds is 4. The van der Waals surface area contributed by atoms with Crippen molar-refractivity contribution in [3.63, 3.8) is 0 Å². The van der Waals surface area contributed by atoms with E-state index in [9.17, 15) is 0 Å². The molecule has 0 saturated heterocycles. The average molecular weight is 772 g/mol. The van der Waals surface area contributed by atoms with Gasteiger partial charge < -0.3 is 9.64 Å². The molecule has 7 heteroatoms. The molecule has 7 aromatic carbocycles. The Kier molecular flexibility index (Phi) is 7.90. The zero-order chi connectivity index (χ0) is 35.9. The molecule has 0 aliphatic carbocycles. The first-order valence-electron chi connectivity index (χ1n) is 18.1. The number of nitrogens with zero attached hydrogens (tertiary/aromatic N) is 1. The van der Waals surface area contributed by atoms with Gasteiger partial charge in [0.05, 0.1) is 11.4 Å². The molecule has 2 nitrogen and oxygen atoms in total. The molecule has 3 heterocycles. The molecule has 0 bridgehead atoms. The maximum absolute atomic E-state index is 6.98. The Bertz CT molecular complexity index is 2490. The minimum absolute atomic E-state index is 0.978. The second kappa shape index (κ2) is 12.6. The number of anilines is 3. The van der Waals surface area contributed by atoms with Gasteiger partial charge >= 0.3 is 0 Å². The first-order chi connectivity index (χ1) is 25.8. The molecule has 0 amide bonds. The topological polar surface area (TPSA) is 12.5 Å². The van der Waals surface area contributed by atoms with E-state index in [0.717, 1.165) is 22.9 Å². The van der Waals surface area contributed by atoms with E-state index < -0.39 is 16.1 Å². The van der Waals surface area contributed by atoms with Crippen LogP contribution >= 0.6 is 35.3 Å². The van der Waals surface area contributed by atoms with Crippen molar-refractivity contribution in [3.05, 3.63) is 152 Å². The molecule has 0 saturated carbocycles. The van der Waals surface area contributed by atoms with Crippen molar-refractivity contribution in [2.75, 3.05) is 4.90 Å². The van der Waals surface area contributed by atoms with Gasteiger partial charge in [0.25, 0.3) is 0 Å². The molecule has 0 aromatic heterocycles. The molecule has 0 unspecified atom stereocenters. The van der Waals surface area contributed by atoms with E-state index in [0.29, 0.717) is 0 Å². The Morgan fingerprint density at radius 2 is 1.00 bits per heavy atom. The number of hydrogen-bond donors (Lipinski definition) is 0. The summed E-state index contributed by atoms with van der Waals surface area (Å²) in [5.41, 5.74) is 5.89. The van der Waals surface area contributed by atoms with E-state index in [1.54, 1.807) is 0 Å². The number of fused-ring (bicyclic) bond motifs is 6. The normalized spacial score (nSPS) is 15.4. The minimum atomic E-state index is -2.06. The molecule has 0 N–H and O–H groups in total. The van der Waals surface area contributed by atoms with Crippen molar-refractivity contribution >= 4 is 89.2 Å². The first kappa shape index (κ1) is 33.2. The molecule has 0 radical (unpaired) electrons. The largest absolute Gasteiger partial charge is 0.455 e. The highest BCUT2D eigenvalue weighted by molar-refractivity contribution is 8.05. The second-order valence-electron chi connectivity index (χ2n) is 14.9. The van der Waals surface area contributed by atoms with Gasteiger partial charge in [0.2, 0.25) is 0 Å². The molecule has 10 rings (SSSR count). The number of ether oxygens (including phenoxy) is 1. The van der Waals surface area contributed by atoms with E-state index in [4.69, 9.17) is 4.74 Å². The number of hydrogen-bond acceptors (Lipinski definition) is 5. The van der Waals surface area contributed by atoms with E-state index in [1.807, 2.05) is 35.3 Å². The van der Waals surface area contributed by atoms with Gasteiger partial charge in [-0.3, -0.25) is 0 Å². The van der Waals surface area contributed by atoms with E-state index in [1.165, 1.54) is 66.9 Å². The van der Waals surface area contributed by atoms with Crippen molar-refractivity contribution < 1.29 is 4.74 Å². The van der Waals surface area contributed by atoms with Crippen molar-refractivity contribution in [2.45, 2.75) is 55.6 Å². The Labute approximate surface area is 326 Å². The van der Waals surface area contributed by atoms with Gasteiger partial charge in [0.15, 0.2) is 5.75 Å². The minimum Gasteiger partial charge on any atom is -0.455 e. The number of para-hydroxylation sites is 2. The lowest BCUT2D eigenvalue weighted by molar-refractivity contribution is 0.487. The molecule has 53 heavy (non-hydrogen) atoms. The smallest absolute Gasteiger partial charge is 0.151 e. The van der Waals surface area contributed by atoms with Gasteiger partial charge in [-0.25, -0.2) is 0 Å². The standard InChI is InChI=1S/C46H37NOS3Si2/c1-52(2)40-22-9-5-17-35(40)48-44-33(15-12-24-42(44)52)47(34-16-13-25-43-46(34)51-38-20-8-10-23-41(38)53(43,3)4)31-28-26-30(27-29-31)32-14-11-21-39-45(32)50-37-19-7-6-18-36(37)49-39/h5-29H,1-4H3. The SMILES string of the molecule is C[Si]1(C)c2ccccc2Oc2c(N(c3ccc(-c4cccc5c4Sc4ccccc4S5)cc3)c3cccc4c3Sc3ccccc3[Si]4(C)C)cccc21. The van der Waals surface area contributed by atoms with Gasteiger partial charge in [-0.1, -0.05) is 159 Å². The zero-order valence-corrected chi connectivity index (χ0v) is 34.5. The molecule has 7 aromatic rings. The Hall–Kier alpha value is -4.38.